The zero-order chi connectivity index (χ0) is 9.80. The van der Waals surface area contributed by atoms with Crippen molar-refractivity contribution in [1.29, 1.82) is 0 Å². The van der Waals surface area contributed by atoms with E-state index in [2.05, 4.69) is 0 Å². The largest absolute Gasteiger partial charge is 0.550 e. The molecule has 4 nitrogen and oxygen atoms in total. The molecule has 1 aromatic carbocycles. The van der Waals surface area contributed by atoms with Crippen LogP contribution in [0.2, 0.25) is 0 Å². The summed E-state index contributed by atoms with van der Waals surface area (Å²) in [5.74, 6) is 1.55. The molecule has 14 heavy (non-hydrogen) atoms. The van der Waals surface area contributed by atoms with Crippen LogP contribution in [-0.4, -0.2) is 13.4 Å². The topological polar surface area (TPSA) is 50.8 Å². The van der Waals surface area contributed by atoms with E-state index in [1.807, 2.05) is 18.2 Å². The van der Waals surface area contributed by atoms with Crippen LogP contribution in [0.4, 0.5) is 0 Å². The van der Waals surface area contributed by atoms with Gasteiger partial charge in [-0.2, -0.15) is 0 Å². The van der Waals surface area contributed by atoms with Crippen LogP contribution in [0.15, 0.2) is 18.2 Å². The quantitative estimate of drug-likeness (QED) is 0.729. The number of ether oxygens (including phenoxy) is 2. The molecular weight excluding hydrogens is 252 g/mol. The van der Waals surface area contributed by atoms with Crippen LogP contribution in [0.25, 0.3) is 0 Å². The van der Waals surface area contributed by atoms with E-state index in [4.69, 9.17) is 13.3 Å². The van der Waals surface area contributed by atoms with Crippen molar-refractivity contribution in [1.82, 2.24) is 0 Å². The molecule has 0 radical (unpaired) electrons. The minimum Gasteiger partial charge on any atom is -0.550 e. The number of hydrogen-bond acceptors (Lipinski definition) is 4. The smallest absolute Gasteiger partial charge is 0.420 e. The van der Waals surface area contributed by atoms with E-state index in [0.717, 1.165) is 23.5 Å². The predicted molar refractivity (Wildman–Crippen MR) is 42.2 cm³/mol. The van der Waals surface area contributed by atoms with Crippen molar-refractivity contribution >= 4 is 0 Å². The van der Waals surface area contributed by atoms with E-state index < -0.39 is 15.5 Å². The molecule has 1 heterocycles. The van der Waals surface area contributed by atoms with Gasteiger partial charge in [0.25, 0.3) is 0 Å². The lowest BCUT2D eigenvalue weighted by Gasteiger charge is -2.00. The van der Waals surface area contributed by atoms with Crippen LogP contribution in [0.3, 0.4) is 0 Å². The van der Waals surface area contributed by atoms with E-state index in [1.54, 1.807) is 0 Å². The highest BCUT2D eigenvalue weighted by molar-refractivity contribution is 5.44. The molecule has 0 saturated heterocycles. The minimum atomic E-state index is -0.715. The molecule has 0 N–H and O–H groups in total. The van der Waals surface area contributed by atoms with Crippen molar-refractivity contribution in [2.45, 2.75) is 6.42 Å². The van der Waals surface area contributed by atoms with Crippen LogP contribution in [0, 0.1) is 15.5 Å². The summed E-state index contributed by atoms with van der Waals surface area (Å²) in [7, 11) is 0. The highest BCUT2D eigenvalue weighted by Crippen LogP contribution is 2.32. The summed E-state index contributed by atoms with van der Waals surface area (Å²) >= 11 is -0.715. The van der Waals surface area contributed by atoms with Crippen LogP contribution >= 0.6 is 0 Å². The summed E-state index contributed by atoms with van der Waals surface area (Å²) in [6.45, 7) is 0.751. The molecule has 2 rings (SSSR count). The number of fused-ring (bicyclic) bond motifs is 1. The Morgan fingerprint density at radius 1 is 1.36 bits per heavy atom. The van der Waals surface area contributed by atoms with Gasteiger partial charge in [0.1, 0.15) is 6.61 Å². The first-order valence-electron chi connectivity index (χ1n) is 4.17. The molecule has 0 aromatic heterocycles. The predicted octanol–water partition coefficient (Wildman–Crippen LogP) is 0.250. The van der Waals surface area contributed by atoms with Gasteiger partial charge >= 0.3 is 15.5 Å². The van der Waals surface area contributed by atoms with Crippen LogP contribution < -0.4 is 13.7 Å². The monoisotopic (exact) mass is 260 g/mol. The van der Waals surface area contributed by atoms with Crippen molar-refractivity contribution in [3.8, 4) is 11.5 Å². The third kappa shape index (κ3) is 2.17. The third-order valence-electron chi connectivity index (χ3n) is 1.95. The lowest BCUT2D eigenvalue weighted by molar-refractivity contribution is -1.27. The zero-order valence-electron chi connectivity index (χ0n) is 7.36. The molecule has 0 amide bonds. The Hall–Kier alpha value is -0.780. The average molecular weight is 261 g/mol. The lowest BCUT2D eigenvalue weighted by Crippen LogP contribution is -2.06. The molecule has 1 aromatic rings. The number of benzene rings is 1. The maximum absolute atomic E-state index is 10.1. The van der Waals surface area contributed by atoms with Gasteiger partial charge in [-0.05, 0) is 17.7 Å². The molecule has 0 unspecified atom stereocenters. The fraction of sp³-hybridized carbons (Fsp3) is 0.333. The summed E-state index contributed by atoms with van der Waals surface area (Å²) < 4.78 is 25.2. The molecule has 76 valence electrons. The summed E-state index contributed by atoms with van der Waals surface area (Å²) in [5, 5.41) is 0. The average Bonchev–Trinajstić information content (AvgIpc) is 2.65. The number of hydrogen-bond donors (Lipinski definition) is 0. The van der Waals surface area contributed by atoms with Crippen LogP contribution in [0.1, 0.15) is 5.56 Å². The summed E-state index contributed by atoms with van der Waals surface area (Å²) in [6.07, 6.45) is 0.729. The van der Waals surface area contributed by atoms with Crippen molar-refractivity contribution < 1.29 is 33.0 Å². The first-order chi connectivity index (χ1) is 6.90. The van der Waals surface area contributed by atoms with Gasteiger partial charge in [-0.1, -0.05) is 6.07 Å². The maximum Gasteiger partial charge on any atom is 0.420 e. The van der Waals surface area contributed by atoms with Crippen molar-refractivity contribution in [3.63, 3.8) is 0 Å². The molecule has 0 fully saturated rings. The normalized spacial score (nSPS) is 13.2. The molecule has 0 atom stereocenters. The van der Waals surface area contributed by atoms with Crippen LogP contribution in [0.5, 0.6) is 11.5 Å². The molecule has 0 bridgehead atoms. The fourth-order valence-corrected chi connectivity index (χ4v) is 1.58. The van der Waals surface area contributed by atoms with Gasteiger partial charge in [-0.15, -0.1) is 3.83 Å². The molecule has 1 aliphatic rings. The van der Waals surface area contributed by atoms with Gasteiger partial charge in [0, 0.05) is 6.42 Å². The Bertz CT molecular complexity index is 316. The second-order valence-electron chi connectivity index (χ2n) is 2.81. The Labute approximate surface area is 88.5 Å². The molecule has 1 aliphatic heterocycles. The van der Waals surface area contributed by atoms with E-state index >= 15 is 0 Å². The van der Waals surface area contributed by atoms with Gasteiger partial charge in [-0.3, -0.25) is 0 Å². The maximum atomic E-state index is 10.1. The molecule has 5 heteroatoms. The molecule has 0 spiro atoms. The Morgan fingerprint density at radius 3 is 3.07 bits per heavy atom. The summed E-state index contributed by atoms with van der Waals surface area (Å²) in [4.78, 5) is 0. The second-order valence-corrected chi connectivity index (χ2v) is 3.54. The van der Waals surface area contributed by atoms with Crippen molar-refractivity contribution in [3.05, 3.63) is 23.8 Å². The Kier molecular flexibility index (Phi) is 3.23. The van der Waals surface area contributed by atoms with E-state index in [1.165, 1.54) is 0 Å². The number of rotatable bonds is 4. The number of halogens is 1. The first-order valence-corrected chi connectivity index (χ1v) is 5.47. The fourth-order valence-electron chi connectivity index (χ4n) is 1.28. The second kappa shape index (κ2) is 4.63. The molecular formula is C9H9BrO4. The van der Waals surface area contributed by atoms with E-state index in [9.17, 15) is 4.20 Å². The Balaban J connectivity index is 1.98. The Morgan fingerprint density at radius 2 is 2.21 bits per heavy atom. The van der Waals surface area contributed by atoms with Gasteiger partial charge in [0.2, 0.25) is 6.79 Å². The van der Waals surface area contributed by atoms with Gasteiger partial charge in [0.15, 0.2) is 11.5 Å². The molecule has 0 aliphatic carbocycles. The van der Waals surface area contributed by atoms with Gasteiger partial charge in [0.05, 0.1) is 0 Å². The minimum absolute atomic E-state index is 0.289. The molecule has 0 saturated carbocycles. The van der Waals surface area contributed by atoms with Gasteiger partial charge in [-0.25, -0.2) is 0 Å². The lowest BCUT2D eigenvalue weighted by atomic mass is 10.1. The van der Waals surface area contributed by atoms with Crippen molar-refractivity contribution in [2.75, 3.05) is 13.4 Å². The standard InChI is InChI=1S/C9H9BrO4/c11-10-14-4-3-7-1-2-8-9(5-7)13-6-12-8/h1-2,5H,3-4,6H2. The zero-order valence-corrected chi connectivity index (χ0v) is 8.95. The highest BCUT2D eigenvalue weighted by atomic mass is 79.9. The summed E-state index contributed by atoms with van der Waals surface area (Å²) in [6, 6.07) is 5.74. The third-order valence-corrected chi connectivity index (χ3v) is 2.46. The van der Waals surface area contributed by atoms with E-state index in [0.29, 0.717) is 6.61 Å². The summed E-state index contributed by atoms with van der Waals surface area (Å²) in [5.41, 5.74) is 1.09. The highest BCUT2D eigenvalue weighted by Gasteiger charge is 2.13. The SMILES string of the molecule is [O-][Br+]OCCc1ccc2c(c1)OCO2. The van der Waals surface area contributed by atoms with Crippen molar-refractivity contribution in [2.24, 2.45) is 0 Å². The first kappa shape index (κ1) is 9.76. The van der Waals surface area contributed by atoms with Crippen LogP contribution in [-0.2, 0) is 10.2 Å². The van der Waals surface area contributed by atoms with Gasteiger partial charge < -0.3 is 13.7 Å². The van der Waals surface area contributed by atoms with E-state index in [-0.39, 0.29) is 6.79 Å².